The molecule has 0 bridgehead atoms. The fourth-order valence-electron chi connectivity index (χ4n) is 1.69. The molecule has 0 saturated heterocycles. The first kappa shape index (κ1) is 10.6. The summed E-state index contributed by atoms with van der Waals surface area (Å²) >= 11 is 6.07. The molecule has 3 heteroatoms. The molecule has 2 nitrogen and oxygen atoms in total. The molecule has 0 radical (unpaired) electrons. The minimum Gasteiger partial charge on any atom is -0.486 e. The maximum Gasteiger partial charge on any atom is 0.144 e. The van der Waals surface area contributed by atoms with Gasteiger partial charge in [0.15, 0.2) is 0 Å². The molecular formula is C12H16ClNO. The van der Waals surface area contributed by atoms with Gasteiger partial charge in [0, 0.05) is 11.1 Å². The molecule has 15 heavy (non-hydrogen) atoms. The topological polar surface area (TPSA) is 21.3 Å². The van der Waals surface area contributed by atoms with Crippen molar-refractivity contribution in [3.05, 3.63) is 22.7 Å². The minimum absolute atomic E-state index is 0.233. The van der Waals surface area contributed by atoms with Crippen LogP contribution >= 0.6 is 11.6 Å². The van der Waals surface area contributed by atoms with Gasteiger partial charge in [0.05, 0.1) is 12.2 Å². The number of ether oxygens (including phenoxy) is 1. The lowest BCUT2D eigenvalue weighted by Gasteiger charge is -2.30. The molecule has 1 unspecified atom stereocenters. The van der Waals surface area contributed by atoms with E-state index in [1.807, 2.05) is 19.1 Å². The highest BCUT2D eigenvalue weighted by Gasteiger charge is 2.22. The Hall–Kier alpha value is -0.890. The van der Waals surface area contributed by atoms with E-state index >= 15 is 0 Å². The van der Waals surface area contributed by atoms with Crippen LogP contribution in [0.1, 0.15) is 19.4 Å². The van der Waals surface area contributed by atoms with Crippen LogP contribution in [-0.2, 0) is 0 Å². The van der Waals surface area contributed by atoms with E-state index in [1.54, 1.807) is 0 Å². The molecular weight excluding hydrogens is 210 g/mol. The maximum atomic E-state index is 6.07. The third-order valence-corrected chi connectivity index (χ3v) is 3.18. The Morgan fingerprint density at radius 3 is 2.87 bits per heavy atom. The van der Waals surface area contributed by atoms with Crippen LogP contribution in [0.15, 0.2) is 12.1 Å². The zero-order chi connectivity index (χ0) is 11.0. The molecule has 0 fully saturated rings. The highest BCUT2D eigenvalue weighted by Crippen LogP contribution is 2.35. The van der Waals surface area contributed by atoms with E-state index in [9.17, 15) is 0 Å². The molecule has 0 aromatic heterocycles. The highest BCUT2D eigenvalue weighted by atomic mass is 35.5. The first-order valence-corrected chi connectivity index (χ1v) is 5.66. The van der Waals surface area contributed by atoms with Gasteiger partial charge in [-0.25, -0.2) is 0 Å². The monoisotopic (exact) mass is 225 g/mol. The Labute approximate surface area is 95.6 Å². The van der Waals surface area contributed by atoms with Crippen LogP contribution in [-0.4, -0.2) is 12.6 Å². The van der Waals surface area contributed by atoms with Crippen molar-refractivity contribution in [3.8, 4) is 5.75 Å². The standard InChI is InChI=1S/C12H16ClNO/c1-7(2)12-6-14-10-4-8(3)9(13)5-11(10)15-12/h4-5,7,12,14H,6H2,1-3H3. The highest BCUT2D eigenvalue weighted by molar-refractivity contribution is 6.31. The van der Waals surface area contributed by atoms with E-state index in [4.69, 9.17) is 16.3 Å². The van der Waals surface area contributed by atoms with Gasteiger partial charge in [0.2, 0.25) is 0 Å². The zero-order valence-electron chi connectivity index (χ0n) is 9.30. The van der Waals surface area contributed by atoms with Gasteiger partial charge in [-0.15, -0.1) is 0 Å². The summed E-state index contributed by atoms with van der Waals surface area (Å²) in [5.74, 6) is 1.38. The van der Waals surface area contributed by atoms with Crippen LogP contribution < -0.4 is 10.1 Å². The zero-order valence-corrected chi connectivity index (χ0v) is 10.1. The molecule has 0 spiro atoms. The van der Waals surface area contributed by atoms with Crippen molar-refractivity contribution < 1.29 is 4.74 Å². The third-order valence-electron chi connectivity index (χ3n) is 2.78. The van der Waals surface area contributed by atoms with Crippen molar-refractivity contribution in [1.82, 2.24) is 0 Å². The second-order valence-corrected chi connectivity index (χ2v) is 4.79. The van der Waals surface area contributed by atoms with Crippen LogP contribution in [0.25, 0.3) is 0 Å². The largest absolute Gasteiger partial charge is 0.486 e. The van der Waals surface area contributed by atoms with E-state index in [1.165, 1.54) is 0 Å². The lowest BCUT2D eigenvalue weighted by atomic mass is 10.1. The SMILES string of the molecule is Cc1cc2c(cc1Cl)OC(C(C)C)CN2. The van der Waals surface area contributed by atoms with Crippen molar-refractivity contribution in [2.24, 2.45) is 5.92 Å². The normalized spacial score (nSPS) is 19.4. The summed E-state index contributed by atoms with van der Waals surface area (Å²) in [4.78, 5) is 0. The molecule has 82 valence electrons. The number of aryl methyl sites for hydroxylation is 1. The van der Waals surface area contributed by atoms with Crippen LogP contribution in [0.5, 0.6) is 5.75 Å². The fourth-order valence-corrected chi connectivity index (χ4v) is 1.84. The second kappa shape index (κ2) is 3.93. The van der Waals surface area contributed by atoms with Crippen molar-refractivity contribution >= 4 is 17.3 Å². The van der Waals surface area contributed by atoms with Crippen molar-refractivity contribution in [3.63, 3.8) is 0 Å². The number of anilines is 1. The van der Waals surface area contributed by atoms with E-state index in [0.717, 1.165) is 28.6 Å². The van der Waals surface area contributed by atoms with Crippen LogP contribution in [0.2, 0.25) is 5.02 Å². The summed E-state index contributed by atoms with van der Waals surface area (Å²) in [5, 5.41) is 4.14. The molecule has 1 aliphatic heterocycles. The summed E-state index contributed by atoms with van der Waals surface area (Å²) in [6, 6.07) is 3.93. The maximum absolute atomic E-state index is 6.07. The molecule has 1 aromatic carbocycles. The van der Waals surface area contributed by atoms with Gasteiger partial charge >= 0.3 is 0 Å². The number of nitrogens with one attached hydrogen (secondary N) is 1. The Morgan fingerprint density at radius 2 is 2.20 bits per heavy atom. The lowest BCUT2D eigenvalue weighted by molar-refractivity contribution is 0.156. The van der Waals surface area contributed by atoms with Crippen molar-refractivity contribution in [1.29, 1.82) is 0 Å². The van der Waals surface area contributed by atoms with Crippen LogP contribution in [0, 0.1) is 12.8 Å². The van der Waals surface area contributed by atoms with E-state index in [0.29, 0.717) is 5.92 Å². The average Bonchev–Trinajstić information content (AvgIpc) is 2.19. The first-order chi connectivity index (χ1) is 7.08. The van der Waals surface area contributed by atoms with E-state index in [2.05, 4.69) is 19.2 Å². The number of hydrogen-bond donors (Lipinski definition) is 1. The smallest absolute Gasteiger partial charge is 0.144 e. The molecule has 0 aliphatic carbocycles. The molecule has 2 rings (SSSR count). The summed E-state index contributed by atoms with van der Waals surface area (Å²) < 4.78 is 5.88. The van der Waals surface area contributed by atoms with Crippen LogP contribution in [0.3, 0.4) is 0 Å². The average molecular weight is 226 g/mol. The fraction of sp³-hybridized carbons (Fsp3) is 0.500. The van der Waals surface area contributed by atoms with Gasteiger partial charge in [-0.3, -0.25) is 0 Å². The molecule has 1 aromatic rings. The number of hydrogen-bond acceptors (Lipinski definition) is 2. The van der Waals surface area contributed by atoms with E-state index < -0.39 is 0 Å². The number of rotatable bonds is 1. The lowest BCUT2D eigenvalue weighted by Crippen LogP contribution is -2.34. The number of fused-ring (bicyclic) bond motifs is 1. The van der Waals surface area contributed by atoms with Gasteiger partial charge < -0.3 is 10.1 Å². The summed E-state index contributed by atoms with van der Waals surface area (Å²) in [6.45, 7) is 7.19. The summed E-state index contributed by atoms with van der Waals surface area (Å²) in [5.41, 5.74) is 2.13. The van der Waals surface area contributed by atoms with E-state index in [-0.39, 0.29) is 6.10 Å². The predicted molar refractivity (Wildman–Crippen MR) is 63.9 cm³/mol. The number of benzene rings is 1. The Kier molecular flexibility index (Phi) is 2.79. The van der Waals surface area contributed by atoms with Gasteiger partial charge in [0.25, 0.3) is 0 Å². The molecule has 0 saturated carbocycles. The van der Waals surface area contributed by atoms with Gasteiger partial charge in [0.1, 0.15) is 11.9 Å². The summed E-state index contributed by atoms with van der Waals surface area (Å²) in [6.07, 6.45) is 0.233. The number of halogens is 1. The second-order valence-electron chi connectivity index (χ2n) is 4.38. The molecule has 1 heterocycles. The molecule has 1 N–H and O–H groups in total. The summed E-state index contributed by atoms with van der Waals surface area (Å²) in [7, 11) is 0. The van der Waals surface area contributed by atoms with Gasteiger partial charge in [-0.2, -0.15) is 0 Å². The van der Waals surface area contributed by atoms with Gasteiger partial charge in [-0.1, -0.05) is 25.4 Å². The Bertz CT molecular complexity index is 376. The minimum atomic E-state index is 0.233. The quantitative estimate of drug-likeness (QED) is 0.790. The third kappa shape index (κ3) is 2.05. The molecule has 1 aliphatic rings. The predicted octanol–water partition coefficient (Wildman–Crippen LogP) is 3.48. The van der Waals surface area contributed by atoms with Gasteiger partial charge in [-0.05, 0) is 24.5 Å². The molecule has 0 amide bonds. The van der Waals surface area contributed by atoms with Crippen molar-refractivity contribution in [2.45, 2.75) is 26.9 Å². The Morgan fingerprint density at radius 1 is 1.47 bits per heavy atom. The molecule has 1 atom stereocenters. The van der Waals surface area contributed by atoms with Crippen LogP contribution in [0.4, 0.5) is 5.69 Å². The van der Waals surface area contributed by atoms with Crippen molar-refractivity contribution in [2.75, 3.05) is 11.9 Å². The Balaban J connectivity index is 2.30. The first-order valence-electron chi connectivity index (χ1n) is 5.28.